The maximum atomic E-state index is 12.4. The van der Waals surface area contributed by atoms with Crippen LogP contribution in [0, 0.1) is 18.8 Å². The number of aromatic nitrogens is 1. The van der Waals surface area contributed by atoms with Gasteiger partial charge in [-0.1, -0.05) is 44.2 Å². The Bertz CT molecular complexity index is 810. The Balaban J connectivity index is 1.62. The van der Waals surface area contributed by atoms with Gasteiger partial charge >= 0.3 is 5.97 Å². The summed E-state index contributed by atoms with van der Waals surface area (Å²) >= 11 is 0. The molecule has 5 heteroatoms. The summed E-state index contributed by atoms with van der Waals surface area (Å²) in [4.78, 5) is 31.1. The molecule has 5 nitrogen and oxygen atoms in total. The molecule has 0 unspecified atom stereocenters. The van der Waals surface area contributed by atoms with Crippen LogP contribution >= 0.6 is 0 Å². The van der Waals surface area contributed by atoms with E-state index < -0.39 is 5.97 Å². The zero-order valence-electron chi connectivity index (χ0n) is 16.1. The van der Waals surface area contributed by atoms with Crippen molar-refractivity contribution in [3.63, 3.8) is 0 Å². The van der Waals surface area contributed by atoms with E-state index in [0.29, 0.717) is 23.1 Å². The van der Waals surface area contributed by atoms with Crippen LogP contribution in [0.1, 0.15) is 36.3 Å². The van der Waals surface area contributed by atoms with Crippen molar-refractivity contribution in [2.45, 2.75) is 27.2 Å². The number of pyridine rings is 1. The molecule has 3 rings (SSSR count). The Labute approximate surface area is 160 Å². The molecule has 0 N–H and O–H groups in total. The van der Waals surface area contributed by atoms with Gasteiger partial charge in [0.1, 0.15) is 0 Å². The van der Waals surface area contributed by atoms with Gasteiger partial charge in [0.25, 0.3) is 5.91 Å². The van der Waals surface area contributed by atoms with Crippen molar-refractivity contribution in [3.05, 3.63) is 53.7 Å². The largest absolute Gasteiger partial charge is 0.452 e. The van der Waals surface area contributed by atoms with E-state index in [2.05, 4.69) is 18.8 Å². The van der Waals surface area contributed by atoms with Crippen LogP contribution in [0.5, 0.6) is 0 Å². The number of likely N-dealkylation sites (tertiary alicyclic amines) is 1. The lowest BCUT2D eigenvalue weighted by Crippen LogP contribution is -2.44. The van der Waals surface area contributed by atoms with Gasteiger partial charge in [-0.25, -0.2) is 4.79 Å². The van der Waals surface area contributed by atoms with Gasteiger partial charge in [-0.15, -0.1) is 0 Å². The number of amides is 1. The van der Waals surface area contributed by atoms with Crippen LogP contribution in [-0.2, 0) is 9.53 Å². The number of carbonyl (C=O) groups excluding carboxylic acids is 2. The summed E-state index contributed by atoms with van der Waals surface area (Å²) in [7, 11) is 0. The van der Waals surface area contributed by atoms with E-state index in [1.165, 1.54) is 0 Å². The highest BCUT2D eigenvalue weighted by Gasteiger charge is 2.26. The lowest BCUT2D eigenvalue weighted by atomic mass is 9.92. The molecule has 0 aliphatic carbocycles. The Kier molecular flexibility index (Phi) is 5.89. The molecule has 1 aliphatic heterocycles. The van der Waals surface area contributed by atoms with E-state index in [9.17, 15) is 9.59 Å². The van der Waals surface area contributed by atoms with Crippen LogP contribution in [0.4, 0.5) is 0 Å². The average molecular weight is 366 g/mol. The Morgan fingerprint density at radius 3 is 2.37 bits per heavy atom. The van der Waals surface area contributed by atoms with Crippen molar-refractivity contribution >= 4 is 11.9 Å². The van der Waals surface area contributed by atoms with E-state index in [1.807, 2.05) is 30.3 Å². The Morgan fingerprint density at radius 1 is 1.07 bits per heavy atom. The van der Waals surface area contributed by atoms with E-state index in [0.717, 1.165) is 30.8 Å². The molecule has 0 saturated carbocycles. The highest BCUT2D eigenvalue weighted by atomic mass is 16.5. The van der Waals surface area contributed by atoms with E-state index in [1.54, 1.807) is 24.0 Å². The molecule has 142 valence electrons. The zero-order valence-corrected chi connectivity index (χ0v) is 16.1. The van der Waals surface area contributed by atoms with Gasteiger partial charge in [0.15, 0.2) is 6.61 Å². The minimum Gasteiger partial charge on any atom is -0.452 e. The standard InChI is InChI=1S/C22H26N2O3/c1-15-11-16(2)13-24(12-15)21(25)14-27-22(26)19-9-10-20(23-17(19)3)18-7-5-4-6-8-18/h4-10,15-16H,11-14H2,1-3H3/t15-,16-/m0/s1. The van der Waals surface area contributed by atoms with Gasteiger partial charge in [0.05, 0.1) is 17.0 Å². The molecular weight excluding hydrogens is 340 g/mol. The lowest BCUT2D eigenvalue weighted by Gasteiger charge is -2.34. The number of aryl methyl sites for hydroxylation is 1. The summed E-state index contributed by atoms with van der Waals surface area (Å²) in [6, 6.07) is 13.3. The van der Waals surface area contributed by atoms with Gasteiger partial charge < -0.3 is 9.64 Å². The fraction of sp³-hybridized carbons (Fsp3) is 0.409. The second-order valence-corrected chi connectivity index (χ2v) is 7.52. The number of rotatable bonds is 4. The number of hydrogen-bond donors (Lipinski definition) is 0. The molecule has 1 saturated heterocycles. The average Bonchev–Trinajstić information content (AvgIpc) is 2.65. The molecule has 1 aliphatic rings. The first-order chi connectivity index (χ1) is 12.9. The van der Waals surface area contributed by atoms with Gasteiger partial charge in [-0.05, 0) is 37.3 Å². The maximum absolute atomic E-state index is 12.4. The summed E-state index contributed by atoms with van der Waals surface area (Å²) < 4.78 is 5.27. The second-order valence-electron chi connectivity index (χ2n) is 7.52. The number of hydrogen-bond acceptors (Lipinski definition) is 4. The number of benzene rings is 1. The molecule has 2 atom stereocenters. The summed E-state index contributed by atoms with van der Waals surface area (Å²) in [6.07, 6.45) is 1.13. The van der Waals surface area contributed by atoms with Crippen LogP contribution in [0.3, 0.4) is 0 Å². The first-order valence-electron chi connectivity index (χ1n) is 9.42. The minimum absolute atomic E-state index is 0.131. The third-order valence-corrected chi connectivity index (χ3v) is 4.92. The molecule has 0 spiro atoms. The molecule has 2 heterocycles. The molecular formula is C22H26N2O3. The van der Waals surface area contributed by atoms with Gasteiger partial charge in [-0.3, -0.25) is 9.78 Å². The fourth-order valence-electron chi connectivity index (χ4n) is 3.71. The molecule has 1 aromatic carbocycles. The lowest BCUT2D eigenvalue weighted by molar-refractivity contribution is -0.137. The third kappa shape index (κ3) is 4.73. The molecule has 1 fully saturated rings. The third-order valence-electron chi connectivity index (χ3n) is 4.92. The van der Waals surface area contributed by atoms with Crippen LogP contribution in [0.15, 0.2) is 42.5 Å². The van der Waals surface area contributed by atoms with Crippen molar-refractivity contribution in [2.75, 3.05) is 19.7 Å². The summed E-state index contributed by atoms with van der Waals surface area (Å²) in [5.74, 6) is 0.315. The Morgan fingerprint density at radius 2 is 1.74 bits per heavy atom. The molecule has 27 heavy (non-hydrogen) atoms. The smallest absolute Gasteiger partial charge is 0.340 e. The van der Waals surface area contributed by atoms with Crippen molar-refractivity contribution < 1.29 is 14.3 Å². The minimum atomic E-state index is -0.508. The monoisotopic (exact) mass is 366 g/mol. The maximum Gasteiger partial charge on any atom is 0.340 e. The van der Waals surface area contributed by atoms with Crippen LogP contribution in [0.25, 0.3) is 11.3 Å². The molecule has 1 amide bonds. The summed E-state index contributed by atoms with van der Waals surface area (Å²) in [5, 5.41) is 0. The van der Waals surface area contributed by atoms with Gasteiger partial charge in [-0.2, -0.15) is 0 Å². The van der Waals surface area contributed by atoms with Crippen LogP contribution < -0.4 is 0 Å². The van der Waals surface area contributed by atoms with E-state index in [-0.39, 0.29) is 12.5 Å². The molecule has 1 aromatic heterocycles. The highest BCUT2D eigenvalue weighted by Crippen LogP contribution is 2.21. The first-order valence-corrected chi connectivity index (χ1v) is 9.42. The summed E-state index contributed by atoms with van der Waals surface area (Å²) in [6.45, 7) is 7.30. The number of ether oxygens (including phenoxy) is 1. The number of piperidine rings is 1. The predicted molar refractivity (Wildman–Crippen MR) is 104 cm³/mol. The summed E-state index contributed by atoms with van der Waals surface area (Å²) in [5.41, 5.74) is 2.78. The molecule has 0 bridgehead atoms. The van der Waals surface area contributed by atoms with Crippen LogP contribution in [0.2, 0.25) is 0 Å². The van der Waals surface area contributed by atoms with Crippen molar-refractivity contribution in [1.29, 1.82) is 0 Å². The first kappa shape index (κ1) is 19.1. The topological polar surface area (TPSA) is 59.5 Å². The number of nitrogens with zero attached hydrogens (tertiary/aromatic N) is 2. The van der Waals surface area contributed by atoms with E-state index >= 15 is 0 Å². The second kappa shape index (κ2) is 8.33. The van der Waals surface area contributed by atoms with Crippen molar-refractivity contribution in [3.8, 4) is 11.3 Å². The van der Waals surface area contributed by atoms with E-state index in [4.69, 9.17) is 4.74 Å². The fourth-order valence-corrected chi connectivity index (χ4v) is 3.71. The van der Waals surface area contributed by atoms with Gasteiger partial charge in [0, 0.05) is 18.7 Å². The zero-order chi connectivity index (χ0) is 19.4. The quantitative estimate of drug-likeness (QED) is 0.774. The van der Waals surface area contributed by atoms with Gasteiger partial charge in [0.2, 0.25) is 0 Å². The SMILES string of the molecule is Cc1nc(-c2ccccc2)ccc1C(=O)OCC(=O)N1C[C@@H](C)C[C@H](C)C1. The predicted octanol–water partition coefficient (Wildman–Crippen LogP) is 3.72. The Hall–Kier alpha value is -2.69. The van der Waals surface area contributed by atoms with Crippen molar-refractivity contribution in [1.82, 2.24) is 9.88 Å². The highest BCUT2D eigenvalue weighted by molar-refractivity contribution is 5.92. The normalized spacial score (nSPS) is 19.6. The van der Waals surface area contributed by atoms with Crippen LogP contribution in [-0.4, -0.2) is 41.5 Å². The molecule has 2 aromatic rings. The number of carbonyl (C=O) groups is 2. The number of esters is 1. The van der Waals surface area contributed by atoms with Crippen molar-refractivity contribution in [2.24, 2.45) is 11.8 Å². The molecule has 0 radical (unpaired) electrons.